The molecular formula is C14H18N3O3+. The summed E-state index contributed by atoms with van der Waals surface area (Å²) in [5.41, 5.74) is 13.1. The number of carboxylic acid groups (broad SMARTS) is 1. The quantitative estimate of drug-likeness (QED) is 0.720. The average Bonchev–Trinajstić information content (AvgIpc) is 2.73. The van der Waals surface area contributed by atoms with Crippen molar-refractivity contribution in [2.75, 3.05) is 6.54 Å². The largest absolute Gasteiger partial charge is 0.531 e. The summed E-state index contributed by atoms with van der Waals surface area (Å²) in [6.45, 7) is 1.49. The Balaban J connectivity index is 2.66. The molecule has 0 radical (unpaired) electrons. The number of amides is 2. The van der Waals surface area contributed by atoms with Crippen molar-refractivity contribution in [3.8, 4) is 0 Å². The Morgan fingerprint density at radius 3 is 2.55 bits per heavy atom. The first-order valence-corrected chi connectivity index (χ1v) is 6.36. The fourth-order valence-electron chi connectivity index (χ4n) is 2.55. The molecule has 0 fully saturated rings. The van der Waals surface area contributed by atoms with Gasteiger partial charge in [-0.1, -0.05) is 16.6 Å². The second-order valence-electron chi connectivity index (χ2n) is 4.96. The van der Waals surface area contributed by atoms with E-state index in [0.29, 0.717) is 12.1 Å². The number of fused-ring (bicyclic) bond motifs is 1. The van der Waals surface area contributed by atoms with E-state index in [1.165, 1.54) is 6.20 Å². The number of nitrogens with zero attached hydrogens (tertiary/aromatic N) is 1. The number of carbonyl (C=O) groups excluding carboxylic acids is 1. The van der Waals surface area contributed by atoms with Gasteiger partial charge < -0.3 is 16.6 Å². The van der Waals surface area contributed by atoms with Crippen LogP contribution in [-0.4, -0.2) is 29.7 Å². The van der Waals surface area contributed by atoms with Crippen molar-refractivity contribution in [3.63, 3.8) is 0 Å². The number of rotatable bonds is 3. The molecule has 20 heavy (non-hydrogen) atoms. The van der Waals surface area contributed by atoms with E-state index in [4.69, 9.17) is 11.5 Å². The Morgan fingerprint density at radius 2 is 2.00 bits per heavy atom. The fraction of sp³-hybridized carbons (Fsp3) is 0.286. The van der Waals surface area contributed by atoms with Gasteiger partial charge in [0.25, 0.3) is 0 Å². The lowest BCUT2D eigenvalue weighted by molar-refractivity contribution is -0.124. The van der Waals surface area contributed by atoms with Crippen LogP contribution >= 0.6 is 0 Å². The SMILES string of the molecule is C[C@@H](N)CC1=C[N+](C(=O)O)(C(=O)CN)c2ccccc21. The number of para-hydroxylation sites is 1. The smallest absolute Gasteiger partial charge is 0.434 e. The van der Waals surface area contributed by atoms with E-state index in [9.17, 15) is 14.7 Å². The van der Waals surface area contributed by atoms with Crippen LogP contribution in [0.5, 0.6) is 0 Å². The summed E-state index contributed by atoms with van der Waals surface area (Å²) in [7, 11) is 0. The molecule has 2 amide bonds. The van der Waals surface area contributed by atoms with E-state index < -0.39 is 16.5 Å². The molecule has 0 aliphatic carbocycles. The molecule has 1 aromatic carbocycles. The average molecular weight is 276 g/mol. The molecule has 1 unspecified atom stereocenters. The summed E-state index contributed by atoms with van der Waals surface area (Å²) in [5, 5.41) is 9.58. The molecular weight excluding hydrogens is 258 g/mol. The summed E-state index contributed by atoms with van der Waals surface area (Å²) in [5.74, 6) is -0.579. The number of carbonyl (C=O) groups is 2. The minimum atomic E-state index is -1.26. The van der Waals surface area contributed by atoms with Crippen LogP contribution in [0.25, 0.3) is 5.57 Å². The number of benzene rings is 1. The Kier molecular flexibility index (Phi) is 3.71. The van der Waals surface area contributed by atoms with Crippen LogP contribution < -0.4 is 16.0 Å². The van der Waals surface area contributed by atoms with Gasteiger partial charge >= 0.3 is 12.0 Å². The maximum atomic E-state index is 12.2. The van der Waals surface area contributed by atoms with Crippen molar-refractivity contribution < 1.29 is 14.7 Å². The predicted molar refractivity (Wildman–Crippen MR) is 76.6 cm³/mol. The highest BCUT2D eigenvalue weighted by Crippen LogP contribution is 2.42. The molecule has 5 N–H and O–H groups in total. The lowest BCUT2D eigenvalue weighted by Crippen LogP contribution is -2.55. The maximum absolute atomic E-state index is 12.2. The summed E-state index contributed by atoms with van der Waals surface area (Å²) in [4.78, 5) is 23.9. The van der Waals surface area contributed by atoms with E-state index in [1.54, 1.807) is 18.2 Å². The van der Waals surface area contributed by atoms with Crippen LogP contribution in [0, 0.1) is 0 Å². The Bertz CT molecular complexity index is 595. The molecule has 6 heteroatoms. The topological polar surface area (TPSA) is 106 Å². The Labute approximate surface area is 116 Å². The van der Waals surface area contributed by atoms with E-state index >= 15 is 0 Å². The van der Waals surface area contributed by atoms with Gasteiger partial charge in [-0.25, -0.2) is 4.79 Å². The Morgan fingerprint density at radius 1 is 1.35 bits per heavy atom. The van der Waals surface area contributed by atoms with Crippen molar-refractivity contribution in [1.82, 2.24) is 4.48 Å². The van der Waals surface area contributed by atoms with Gasteiger partial charge in [0.2, 0.25) is 0 Å². The highest BCUT2D eigenvalue weighted by atomic mass is 16.4. The number of nitrogens with two attached hydrogens (primary N) is 2. The van der Waals surface area contributed by atoms with Crippen molar-refractivity contribution in [2.24, 2.45) is 11.5 Å². The second kappa shape index (κ2) is 5.16. The van der Waals surface area contributed by atoms with Gasteiger partial charge in [0.15, 0.2) is 5.69 Å². The summed E-state index contributed by atoms with van der Waals surface area (Å²) in [6.07, 6.45) is 0.695. The van der Waals surface area contributed by atoms with Crippen LogP contribution in [0.3, 0.4) is 0 Å². The molecule has 0 spiro atoms. The van der Waals surface area contributed by atoms with Crippen LogP contribution in [0.15, 0.2) is 30.5 Å². The third kappa shape index (κ3) is 2.03. The number of imide groups is 1. The highest BCUT2D eigenvalue weighted by molar-refractivity contribution is 6.13. The molecule has 6 nitrogen and oxygen atoms in total. The molecule has 1 aromatic rings. The van der Waals surface area contributed by atoms with Crippen LogP contribution in [-0.2, 0) is 4.79 Å². The van der Waals surface area contributed by atoms with Gasteiger partial charge in [-0.15, -0.1) is 0 Å². The molecule has 2 rings (SSSR count). The van der Waals surface area contributed by atoms with Crippen molar-refractivity contribution in [2.45, 2.75) is 19.4 Å². The first kappa shape index (κ1) is 14.4. The van der Waals surface area contributed by atoms with Crippen LogP contribution in [0.4, 0.5) is 10.5 Å². The van der Waals surface area contributed by atoms with Crippen LogP contribution in [0.2, 0.25) is 0 Å². The first-order chi connectivity index (χ1) is 9.43. The zero-order valence-electron chi connectivity index (χ0n) is 11.2. The fourth-order valence-corrected chi connectivity index (χ4v) is 2.55. The van der Waals surface area contributed by atoms with Gasteiger partial charge in [-0.05, 0) is 19.4 Å². The van der Waals surface area contributed by atoms with Crippen molar-refractivity contribution in [1.29, 1.82) is 0 Å². The zero-order valence-corrected chi connectivity index (χ0v) is 11.2. The standard InChI is InChI=1S/C14H17N3O3/c1-9(16)6-10-8-17(14(19)20,13(18)7-15)12-5-3-2-4-11(10)12/h2-5,8-9H,6-7,15-16H2,1H3/p+1/t9-,17?/m1/s1. The van der Waals surface area contributed by atoms with Crippen molar-refractivity contribution >= 4 is 23.3 Å². The maximum Gasteiger partial charge on any atom is 0.531 e. The third-order valence-corrected chi connectivity index (χ3v) is 3.39. The van der Waals surface area contributed by atoms with Gasteiger partial charge in [0.05, 0.1) is 0 Å². The summed E-state index contributed by atoms with van der Waals surface area (Å²) in [6, 6.07) is 6.83. The molecule has 0 bridgehead atoms. The monoisotopic (exact) mass is 276 g/mol. The first-order valence-electron chi connectivity index (χ1n) is 6.36. The van der Waals surface area contributed by atoms with Crippen molar-refractivity contribution in [3.05, 3.63) is 36.0 Å². The Hall–Kier alpha value is -2.02. The molecule has 0 saturated carbocycles. The summed E-state index contributed by atoms with van der Waals surface area (Å²) < 4.78 is -0.880. The van der Waals surface area contributed by atoms with Gasteiger partial charge in [0, 0.05) is 23.2 Å². The molecule has 106 valence electrons. The lowest BCUT2D eigenvalue weighted by atomic mass is 10.0. The molecule has 0 aromatic heterocycles. The highest BCUT2D eigenvalue weighted by Gasteiger charge is 2.51. The van der Waals surface area contributed by atoms with E-state index in [1.807, 2.05) is 13.0 Å². The molecule has 1 heterocycles. The second-order valence-corrected chi connectivity index (χ2v) is 4.96. The van der Waals surface area contributed by atoms with E-state index in [2.05, 4.69) is 0 Å². The number of hydrogen-bond acceptors (Lipinski definition) is 4. The zero-order chi connectivity index (χ0) is 14.9. The number of hydrogen-bond donors (Lipinski definition) is 3. The number of quaternary nitrogens is 1. The minimum Gasteiger partial charge on any atom is -0.434 e. The van der Waals surface area contributed by atoms with E-state index in [-0.39, 0.29) is 12.6 Å². The molecule has 2 atom stereocenters. The van der Waals surface area contributed by atoms with E-state index in [0.717, 1.165) is 11.1 Å². The summed E-state index contributed by atoms with van der Waals surface area (Å²) >= 11 is 0. The van der Waals surface area contributed by atoms with Gasteiger partial charge in [-0.3, -0.25) is 0 Å². The third-order valence-electron chi connectivity index (χ3n) is 3.39. The lowest BCUT2D eigenvalue weighted by Gasteiger charge is -2.22. The normalized spacial score (nSPS) is 22.1. The molecule has 1 aliphatic heterocycles. The molecule has 1 aliphatic rings. The minimum absolute atomic E-state index is 0.129. The van der Waals surface area contributed by atoms with Crippen LogP contribution in [0.1, 0.15) is 18.9 Å². The van der Waals surface area contributed by atoms with Gasteiger partial charge in [0.1, 0.15) is 12.7 Å². The molecule has 0 saturated heterocycles. The predicted octanol–water partition coefficient (Wildman–Crippen LogP) is 1.25. The van der Waals surface area contributed by atoms with Gasteiger partial charge in [-0.2, -0.15) is 4.79 Å².